The molecule has 0 unspecified atom stereocenters. The molecule has 2 aromatic rings. The predicted molar refractivity (Wildman–Crippen MR) is 129 cm³/mol. The first-order valence-electron chi connectivity index (χ1n) is 9.71. The lowest BCUT2D eigenvalue weighted by atomic mass is 10.1. The molecular weight excluding hydrogens is 519 g/mol. The average Bonchev–Trinajstić information content (AvgIpc) is 2.72. The molecule has 2 aromatic carbocycles. The zero-order chi connectivity index (χ0) is 21.8. The summed E-state index contributed by atoms with van der Waals surface area (Å²) < 4.78 is 40.1. The van der Waals surface area contributed by atoms with Gasteiger partial charge < -0.3 is 24.8 Å². The molecule has 0 bridgehead atoms. The van der Waals surface area contributed by atoms with Crippen molar-refractivity contribution < 1.29 is 23.0 Å². The number of hydrogen-bond donors (Lipinski definition) is 2. The van der Waals surface area contributed by atoms with Crippen molar-refractivity contribution in [3.8, 4) is 11.5 Å². The molecule has 6 nitrogen and oxygen atoms in total. The van der Waals surface area contributed by atoms with Crippen LogP contribution in [0.3, 0.4) is 0 Å². The second kappa shape index (κ2) is 14.8. The maximum Gasteiger partial charge on any atom is 0.387 e. The van der Waals surface area contributed by atoms with E-state index in [0.29, 0.717) is 32.3 Å². The Bertz CT molecular complexity index is 822. The monoisotopic (exact) mass is 549 g/mol. The van der Waals surface area contributed by atoms with Crippen molar-refractivity contribution in [2.75, 3.05) is 27.4 Å². The van der Waals surface area contributed by atoms with Gasteiger partial charge in [-0.25, -0.2) is 0 Å². The van der Waals surface area contributed by atoms with Crippen molar-refractivity contribution in [2.45, 2.75) is 33.0 Å². The second-order valence-electron chi connectivity index (χ2n) is 6.61. The maximum atomic E-state index is 12.4. The Morgan fingerprint density at radius 3 is 2.55 bits per heavy atom. The molecular formula is C22H30F2IN3O3. The van der Waals surface area contributed by atoms with Gasteiger partial charge >= 0.3 is 6.61 Å². The number of hydrogen-bond acceptors (Lipinski definition) is 4. The van der Waals surface area contributed by atoms with Crippen LogP contribution in [-0.4, -0.2) is 39.9 Å². The Morgan fingerprint density at radius 2 is 1.84 bits per heavy atom. The summed E-state index contributed by atoms with van der Waals surface area (Å²) in [5.74, 6) is 1.54. The first kappa shape index (κ1) is 26.9. The first-order valence-corrected chi connectivity index (χ1v) is 9.71. The van der Waals surface area contributed by atoms with E-state index in [0.717, 1.165) is 28.9 Å². The number of rotatable bonds is 11. The third-order valence-corrected chi connectivity index (χ3v) is 4.23. The zero-order valence-electron chi connectivity index (χ0n) is 18.0. The molecule has 0 amide bonds. The van der Waals surface area contributed by atoms with Gasteiger partial charge in [0.25, 0.3) is 0 Å². The van der Waals surface area contributed by atoms with Crippen LogP contribution in [0.15, 0.2) is 47.5 Å². The number of alkyl halides is 2. The van der Waals surface area contributed by atoms with Crippen molar-refractivity contribution >= 4 is 29.9 Å². The van der Waals surface area contributed by atoms with Crippen molar-refractivity contribution in [2.24, 2.45) is 4.99 Å². The number of guanidine groups is 1. The summed E-state index contributed by atoms with van der Waals surface area (Å²) in [5.41, 5.74) is 2.93. The van der Waals surface area contributed by atoms with Crippen molar-refractivity contribution in [3.63, 3.8) is 0 Å². The van der Waals surface area contributed by atoms with Gasteiger partial charge in [-0.05, 0) is 36.2 Å². The van der Waals surface area contributed by atoms with Gasteiger partial charge in [0.05, 0.1) is 6.61 Å². The smallest absolute Gasteiger partial charge is 0.387 e. The highest BCUT2D eigenvalue weighted by Gasteiger charge is 2.08. The van der Waals surface area contributed by atoms with Crippen LogP contribution in [0.4, 0.5) is 8.78 Å². The number of methoxy groups -OCH3 is 1. The van der Waals surface area contributed by atoms with E-state index in [4.69, 9.17) is 9.47 Å². The van der Waals surface area contributed by atoms with Crippen LogP contribution in [0.1, 0.15) is 23.1 Å². The third kappa shape index (κ3) is 10.1. The first-order chi connectivity index (χ1) is 14.5. The molecule has 0 aliphatic carbocycles. The van der Waals surface area contributed by atoms with Gasteiger partial charge in [0.15, 0.2) is 5.96 Å². The molecule has 172 valence electrons. The van der Waals surface area contributed by atoms with E-state index in [-0.39, 0.29) is 29.7 Å². The van der Waals surface area contributed by atoms with E-state index >= 15 is 0 Å². The number of nitrogens with one attached hydrogen (secondary N) is 2. The number of aryl methyl sites for hydroxylation is 1. The van der Waals surface area contributed by atoms with E-state index < -0.39 is 6.61 Å². The number of nitrogens with zero attached hydrogens (tertiary/aromatic N) is 1. The van der Waals surface area contributed by atoms with Gasteiger partial charge in [-0.15, -0.1) is 24.0 Å². The standard InChI is InChI=1S/C22H29F2N3O3.HI/c1-16-8-9-18(20(12-16)29-11-5-10-28-3)15-27-22(25-2)26-14-17-6-4-7-19(13-17)30-21(23)24;/h4,6-9,12-13,21H,5,10-11,14-15H2,1-3H3,(H2,25,26,27);1H. The Balaban J connectivity index is 0.00000480. The highest BCUT2D eigenvalue weighted by atomic mass is 127. The maximum absolute atomic E-state index is 12.4. The van der Waals surface area contributed by atoms with Gasteiger partial charge in [-0.3, -0.25) is 4.99 Å². The summed E-state index contributed by atoms with van der Waals surface area (Å²) in [5, 5.41) is 6.41. The van der Waals surface area contributed by atoms with E-state index in [9.17, 15) is 8.78 Å². The van der Waals surface area contributed by atoms with Crippen molar-refractivity contribution in [1.29, 1.82) is 0 Å². The molecule has 0 saturated carbocycles. The normalized spacial score (nSPS) is 11.1. The Labute approximate surface area is 199 Å². The molecule has 2 rings (SSSR count). The van der Waals surface area contributed by atoms with E-state index in [1.807, 2.05) is 31.2 Å². The van der Waals surface area contributed by atoms with Crippen LogP contribution in [0.2, 0.25) is 0 Å². The lowest BCUT2D eigenvalue weighted by molar-refractivity contribution is -0.0498. The fourth-order valence-corrected chi connectivity index (χ4v) is 2.74. The van der Waals surface area contributed by atoms with Gasteiger partial charge in [0.1, 0.15) is 11.5 Å². The van der Waals surface area contributed by atoms with Crippen LogP contribution in [0, 0.1) is 6.92 Å². The predicted octanol–water partition coefficient (Wildman–Crippen LogP) is 4.49. The molecule has 0 aliphatic rings. The van der Waals surface area contributed by atoms with Gasteiger partial charge in [0.2, 0.25) is 0 Å². The summed E-state index contributed by atoms with van der Waals surface area (Å²) in [6, 6.07) is 12.6. The minimum atomic E-state index is -2.84. The summed E-state index contributed by atoms with van der Waals surface area (Å²) in [6.45, 7) is 1.34. The second-order valence-corrected chi connectivity index (χ2v) is 6.61. The summed E-state index contributed by atoms with van der Waals surface area (Å²) in [7, 11) is 3.34. The van der Waals surface area contributed by atoms with Gasteiger partial charge in [-0.2, -0.15) is 8.78 Å². The molecule has 0 heterocycles. The quantitative estimate of drug-likeness (QED) is 0.187. The van der Waals surface area contributed by atoms with Crippen LogP contribution >= 0.6 is 24.0 Å². The lowest BCUT2D eigenvalue weighted by Gasteiger charge is -2.16. The fourth-order valence-electron chi connectivity index (χ4n) is 2.74. The molecule has 0 spiro atoms. The average molecular weight is 549 g/mol. The molecule has 0 saturated heterocycles. The zero-order valence-corrected chi connectivity index (χ0v) is 20.3. The summed E-state index contributed by atoms with van der Waals surface area (Å²) >= 11 is 0. The molecule has 0 radical (unpaired) electrons. The van der Waals surface area contributed by atoms with Crippen LogP contribution in [0.5, 0.6) is 11.5 Å². The Morgan fingerprint density at radius 1 is 1.06 bits per heavy atom. The van der Waals surface area contributed by atoms with Crippen LogP contribution < -0.4 is 20.1 Å². The number of aliphatic imine (C=N–C) groups is 1. The third-order valence-electron chi connectivity index (χ3n) is 4.23. The molecule has 0 fully saturated rings. The minimum Gasteiger partial charge on any atom is -0.493 e. The largest absolute Gasteiger partial charge is 0.493 e. The topological polar surface area (TPSA) is 64.1 Å². The molecule has 0 aliphatic heterocycles. The highest BCUT2D eigenvalue weighted by molar-refractivity contribution is 14.0. The lowest BCUT2D eigenvalue weighted by Crippen LogP contribution is -2.36. The number of halogens is 3. The molecule has 0 aromatic heterocycles. The molecule has 2 N–H and O–H groups in total. The van der Waals surface area contributed by atoms with Gasteiger partial charge in [-0.1, -0.05) is 24.3 Å². The SMILES string of the molecule is CN=C(NCc1cccc(OC(F)F)c1)NCc1ccc(C)cc1OCCCOC.I. The van der Waals surface area contributed by atoms with E-state index in [2.05, 4.69) is 20.4 Å². The minimum absolute atomic E-state index is 0. The Kier molecular flexibility index (Phi) is 12.8. The summed E-state index contributed by atoms with van der Waals surface area (Å²) in [4.78, 5) is 4.21. The molecule has 31 heavy (non-hydrogen) atoms. The highest BCUT2D eigenvalue weighted by Crippen LogP contribution is 2.20. The van der Waals surface area contributed by atoms with Crippen LogP contribution in [0.25, 0.3) is 0 Å². The Hall–Kier alpha value is -2.14. The van der Waals surface area contributed by atoms with Crippen LogP contribution in [-0.2, 0) is 17.8 Å². The van der Waals surface area contributed by atoms with E-state index in [1.54, 1.807) is 26.3 Å². The molecule has 9 heteroatoms. The number of ether oxygens (including phenoxy) is 3. The van der Waals surface area contributed by atoms with Crippen molar-refractivity contribution in [1.82, 2.24) is 10.6 Å². The molecule has 0 atom stereocenters. The van der Waals surface area contributed by atoms with Crippen molar-refractivity contribution in [3.05, 3.63) is 59.2 Å². The fraction of sp³-hybridized carbons (Fsp3) is 0.409. The van der Waals surface area contributed by atoms with Gasteiger partial charge in [0, 0.05) is 45.8 Å². The number of benzene rings is 2. The van der Waals surface area contributed by atoms with E-state index in [1.165, 1.54) is 6.07 Å². The summed E-state index contributed by atoms with van der Waals surface area (Å²) in [6.07, 6.45) is 0.814.